The van der Waals surface area contributed by atoms with Crippen LogP contribution in [0.15, 0.2) is 72.9 Å². The number of hydrogen-bond donors (Lipinski definition) is 2. The highest BCUT2D eigenvalue weighted by Crippen LogP contribution is 2.44. The highest BCUT2D eigenvalue weighted by atomic mass is 16.5. The number of aliphatic carboxylic acids is 1. The number of benzene rings is 2. The number of fused-ring (bicyclic) bond motifs is 3. The van der Waals surface area contributed by atoms with Gasteiger partial charge in [-0.05, 0) is 34.4 Å². The van der Waals surface area contributed by atoms with Crippen molar-refractivity contribution in [1.82, 2.24) is 10.3 Å². The molecule has 29 heavy (non-hydrogen) atoms. The number of carboxylic acid groups (broad SMARTS) is 1. The van der Waals surface area contributed by atoms with Crippen molar-refractivity contribution in [2.24, 2.45) is 0 Å². The molecule has 2 atom stereocenters. The van der Waals surface area contributed by atoms with Crippen molar-refractivity contribution in [2.75, 3.05) is 6.58 Å². The molecule has 6 heteroatoms. The van der Waals surface area contributed by atoms with E-state index < -0.39 is 30.6 Å². The molecule has 0 radical (unpaired) electrons. The first-order valence-electron chi connectivity index (χ1n) is 9.82. The van der Waals surface area contributed by atoms with Gasteiger partial charge in [-0.2, -0.15) is 0 Å². The van der Waals surface area contributed by atoms with Crippen molar-refractivity contribution in [3.8, 4) is 11.1 Å². The second-order valence-electron chi connectivity index (χ2n) is 6.75. The van der Waals surface area contributed by atoms with Crippen LogP contribution < -0.4 is 5.32 Å². The molecule has 2 aromatic carbocycles. The molecule has 0 spiro atoms. The summed E-state index contributed by atoms with van der Waals surface area (Å²) in [6, 6.07) is 19.4. The van der Waals surface area contributed by atoms with Gasteiger partial charge in [0, 0.05) is 24.2 Å². The number of carboxylic acids is 1. The molecular weight excluding hydrogens is 368 g/mol. The minimum atomic E-state index is -1.22. The van der Waals surface area contributed by atoms with Crippen LogP contribution in [-0.2, 0) is 16.0 Å². The second kappa shape index (κ2) is 8.14. The average molecular weight is 389 g/mol. The number of ether oxygens (including phenoxy) is 1. The highest BCUT2D eigenvalue weighted by Gasteiger charge is 2.29. The number of amides is 1. The van der Waals surface area contributed by atoms with E-state index in [1.807, 2.05) is 48.5 Å². The minimum Gasteiger partial charge on any atom is -0.480 e. The summed E-state index contributed by atoms with van der Waals surface area (Å²) in [6.45, 7) is -1.22. The fourth-order valence-electron chi connectivity index (χ4n) is 3.58. The molecule has 146 valence electrons. The lowest BCUT2D eigenvalue weighted by Crippen LogP contribution is -2.43. The topological polar surface area (TPSA) is 88.5 Å². The normalized spacial score (nSPS) is 14.8. The van der Waals surface area contributed by atoms with Gasteiger partial charge in [-0.3, -0.25) is 4.98 Å². The van der Waals surface area contributed by atoms with Crippen molar-refractivity contribution in [2.45, 2.75) is 18.4 Å². The predicted octanol–water partition coefficient (Wildman–Crippen LogP) is 3.62. The Bertz CT molecular complexity index is 1030. The maximum absolute atomic E-state index is 12.4. The zero-order valence-electron chi connectivity index (χ0n) is 16.5. The molecule has 1 amide bonds. The molecule has 0 bridgehead atoms. The molecule has 1 aromatic heterocycles. The summed E-state index contributed by atoms with van der Waals surface area (Å²) >= 11 is 0. The van der Waals surface area contributed by atoms with Crippen LogP contribution >= 0.6 is 0 Å². The minimum absolute atomic E-state index is 0.0169. The molecule has 4 rings (SSSR count). The van der Waals surface area contributed by atoms with Crippen LogP contribution in [0.2, 0.25) is 0 Å². The third-order valence-corrected chi connectivity index (χ3v) is 4.92. The van der Waals surface area contributed by atoms with E-state index in [4.69, 9.17) is 6.11 Å². The molecule has 1 aliphatic carbocycles. The number of nitrogens with one attached hydrogen (secondary N) is 1. The fourth-order valence-corrected chi connectivity index (χ4v) is 3.58. The average Bonchev–Trinajstić information content (AvgIpc) is 3.08. The maximum atomic E-state index is 12.4. The van der Waals surface area contributed by atoms with E-state index in [2.05, 4.69) is 10.3 Å². The van der Waals surface area contributed by atoms with E-state index in [1.165, 1.54) is 0 Å². The molecule has 3 aromatic rings. The first kappa shape index (κ1) is 17.4. The van der Waals surface area contributed by atoms with Crippen molar-refractivity contribution >= 4 is 12.1 Å². The van der Waals surface area contributed by atoms with E-state index in [9.17, 15) is 14.7 Å². The van der Waals surface area contributed by atoms with E-state index in [0.717, 1.165) is 22.3 Å². The molecular formula is C23H20N2O4. The number of carbonyl (C=O) groups is 2. The number of rotatable bonds is 6. The zero-order valence-corrected chi connectivity index (χ0v) is 15.5. The number of alkyl carbamates (subject to hydrolysis) is 1. The van der Waals surface area contributed by atoms with Gasteiger partial charge < -0.3 is 15.2 Å². The number of nitrogens with zero attached hydrogens (tertiary/aromatic N) is 1. The van der Waals surface area contributed by atoms with Crippen LogP contribution in [0.25, 0.3) is 11.1 Å². The Morgan fingerprint density at radius 2 is 1.66 bits per heavy atom. The lowest BCUT2D eigenvalue weighted by Gasteiger charge is -2.17. The SMILES string of the molecule is [2H]C(OC(=O)N[C@@H](Cc1ccccn1)C(=O)O)C1c2ccccc2-c2ccccc21. The zero-order chi connectivity index (χ0) is 21.1. The maximum Gasteiger partial charge on any atom is 0.407 e. The number of hydrogen-bond acceptors (Lipinski definition) is 4. The van der Waals surface area contributed by atoms with E-state index in [0.29, 0.717) is 5.69 Å². The fraction of sp³-hybridized carbons (Fsp3) is 0.174. The summed E-state index contributed by atoms with van der Waals surface area (Å²) in [5, 5.41) is 11.8. The van der Waals surface area contributed by atoms with Gasteiger partial charge in [-0.15, -0.1) is 0 Å². The van der Waals surface area contributed by atoms with Crippen molar-refractivity contribution < 1.29 is 20.8 Å². The van der Waals surface area contributed by atoms with Crippen LogP contribution in [0.4, 0.5) is 4.79 Å². The molecule has 2 N–H and O–H groups in total. The monoisotopic (exact) mass is 389 g/mol. The first-order valence-corrected chi connectivity index (χ1v) is 9.25. The van der Waals surface area contributed by atoms with Gasteiger partial charge in [0.05, 0.1) is 1.37 Å². The molecule has 0 saturated heterocycles. The summed E-state index contributed by atoms with van der Waals surface area (Å²) < 4.78 is 13.8. The largest absolute Gasteiger partial charge is 0.480 e. The number of aromatic nitrogens is 1. The number of carbonyl (C=O) groups excluding carboxylic acids is 1. The van der Waals surface area contributed by atoms with Gasteiger partial charge in [0.2, 0.25) is 0 Å². The Morgan fingerprint density at radius 1 is 1.03 bits per heavy atom. The van der Waals surface area contributed by atoms with Gasteiger partial charge in [-0.1, -0.05) is 54.6 Å². The Hall–Kier alpha value is -3.67. The van der Waals surface area contributed by atoms with Gasteiger partial charge in [-0.25, -0.2) is 9.59 Å². The molecule has 1 heterocycles. The molecule has 0 saturated carbocycles. The molecule has 1 aliphatic rings. The summed E-state index contributed by atoms with van der Waals surface area (Å²) in [5.74, 6) is -1.64. The summed E-state index contributed by atoms with van der Waals surface area (Å²) in [4.78, 5) is 28.1. The third kappa shape index (κ3) is 3.96. The quantitative estimate of drug-likeness (QED) is 0.672. The summed E-state index contributed by atoms with van der Waals surface area (Å²) in [6.07, 6.45) is 0.630. The molecule has 0 fully saturated rings. The Morgan fingerprint density at radius 3 is 2.24 bits per heavy atom. The van der Waals surface area contributed by atoms with Gasteiger partial charge >= 0.3 is 12.1 Å². The Balaban J connectivity index is 1.49. The third-order valence-electron chi connectivity index (χ3n) is 4.92. The standard InChI is InChI=1S/C23H20N2O4/c26-22(27)21(13-15-7-5-6-12-24-15)25-23(28)29-14-20-18-10-3-1-8-16(18)17-9-2-4-11-19(17)20/h1-12,20-21H,13-14H2,(H,25,28)(H,26,27)/t21-/m0/s1/i14D/t14?,21-. The van der Waals surface area contributed by atoms with E-state index >= 15 is 0 Å². The van der Waals surface area contributed by atoms with E-state index in [1.54, 1.807) is 24.4 Å². The summed E-state index contributed by atoms with van der Waals surface area (Å²) in [7, 11) is 0. The van der Waals surface area contributed by atoms with Crippen molar-refractivity contribution in [3.05, 3.63) is 89.7 Å². The molecule has 0 aliphatic heterocycles. The Labute approximate surface area is 169 Å². The van der Waals surface area contributed by atoms with E-state index in [-0.39, 0.29) is 6.42 Å². The molecule has 1 unspecified atom stereocenters. The lowest BCUT2D eigenvalue weighted by molar-refractivity contribution is -0.139. The molecule has 6 nitrogen and oxygen atoms in total. The Kier molecular flexibility index (Phi) is 4.89. The van der Waals surface area contributed by atoms with Gasteiger partial charge in [0.1, 0.15) is 12.6 Å². The van der Waals surface area contributed by atoms with Gasteiger partial charge in [0.15, 0.2) is 0 Å². The predicted molar refractivity (Wildman–Crippen MR) is 108 cm³/mol. The van der Waals surface area contributed by atoms with Crippen LogP contribution in [-0.4, -0.2) is 34.8 Å². The van der Waals surface area contributed by atoms with Crippen LogP contribution in [0, 0.1) is 0 Å². The summed E-state index contributed by atoms with van der Waals surface area (Å²) in [5.41, 5.74) is 4.38. The lowest BCUT2D eigenvalue weighted by atomic mass is 9.98. The smallest absolute Gasteiger partial charge is 0.407 e. The van der Waals surface area contributed by atoms with Crippen molar-refractivity contribution in [3.63, 3.8) is 0 Å². The van der Waals surface area contributed by atoms with Gasteiger partial charge in [0.25, 0.3) is 0 Å². The first-order chi connectivity index (χ1) is 14.5. The highest BCUT2D eigenvalue weighted by molar-refractivity contribution is 5.81. The van der Waals surface area contributed by atoms with Crippen LogP contribution in [0.3, 0.4) is 0 Å². The second-order valence-corrected chi connectivity index (χ2v) is 6.75. The van der Waals surface area contributed by atoms with Crippen LogP contribution in [0.5, 0.6) is 0 Å². The van der Waals surface area contributed by atoms with Crippen molar-refractivity contribution in [1.29, 1.82) is 0 Å². The van der Waals surface area contributed by atoms with Crippen LogP contribution in [0.1, 0.15) is 24.1 Å². The number of pyridine rings is 1.